The molecule has 0 aliphatic carbocycles. The number of fused-ring (bicyclic) bond motifs is 1. The highest BCUT2D eigenvalue weighted by Crippen LogP contribution is 2.32. The number of hydrogen-bond donors (Lipinski definition) is 1. The summed E-state index contributed by atoms with van der Waals surface area (Å²) in [4.78, 5) is 17.0. The van der Waals surface area contributed by atoms with Crippen molar-refractivity contribution in [3.05, 3.63) is 78.3 Å². The number of nitrogens with zero attached hydrogens (tertiary/aromatic N) is 1. The number of carbonyl (C=O) groups is 1. The molecule has 1 N–H and O–H groups in total. The van der Waals surface area contributed by atoms with Crippen LogP contribution in [0.15, 0.2) is 71.3 Å². The van der Waals surface area contributed by atoms with Gasteiger partial charge in [0.05, 0.1) is 24.1 Å². The Kier molecular flexibility index (Phi) is 4.81. The molecule has 4 rings (SSSR count). The lowest BCUT2D eigenvalue weighted by molar-refractivity contribution is 0.0996. The minimum Gasteiger partial charge on any atom is -0.493 e. The minimum absolute atomic E-state index is 0.262. The summed E-state index contributed by atoms with van der Waals surface area (Å²) in [6, 6.07) is 19.0. The van der Waals surface area contributed by atoms with Crippen molar-refractivity contribution in [2.24, 2.45) is 0 Å². The number of aromatic nitrogens is 1. The summed E-state index contributed by atoms with van der Waals surface area (Å²) in [5, 5.41) is 3.68. The smallest absolute Gasteiger partial charge is 0.291 e. The van der Waals surface area contributed by atoms with Crippen molar-refractivity contribution in [2.75, 3.05) is 11.9 Å². The summed E-state index contributed by atoms with van der Waals surface area (Å²) in [6.45, 7) is 4.54. The summed E-state index contributed by atoms with van der Waals surface area (Å²) in [6.07, 6.45) is 1.47. The van der Waals surface area contributed by atoms with E-state index in [9.17, 15) is 4.79 Å². The first kappa shape index (κ1) is 17.8. The molecule has 0 spiro atoms. The molecule has 0 saturated heterocycles. The maximum absolute atomic E-state index is 12.2. The summed E-state index contributed by atoms with van der Waals surface area (Å²) >= 11 is 0. The number of amides is 1. The molecule has 0 bridgehead atoms. The van der Waals surface area contributed by atoms with Crippen molar-refractivity contribution in [3.8, 4) is 17.0 Å². The van der Waals surface area contributed by atoms with E-state index in [2.05, 4.69) is 36.5 Å². The van der Waals surface area contributed by atoms with E-state index in [0.29, 0.717) is 12.3 Å². The van der Waals surface area contributed by atoms with Gasteiger partial charge in [0.2, 0.25) is 0 Å². The maximum atomic E-state index is 12.2. The Balaban J connectivity index is 1.73. The summed E-state index contributed by atoms with van der Waals surface area (Å²) in [5.41, 5.74) is 4.54. The Morgan fingerprint density at radius 3 is 2.64 bits per heavy atom. The second-order valence-electron chi connectivity index (χ2n) is 6.47. The van der Waals surface area contributed by atoms with Crippen molar-refractivity contribution < 1.29 is 13.9 Å². The number of carbonyl (C=O) groups excluding carboxylic acids is 1. The molecule has 4 aromatic rings. The van der Waals surface area contributed by atoms with Crippen LogP contribution in [0.1, 0.15) is 23.0 Å². The van der Waals surface area contributed by atoms with Crippen LogP contribution in [0.25, 0.3) is 22.2 Å². The van der Waals surface area contributed by atoms with E-state index in [-0.39, 0.29) is 11.7 Å². The number of nitrogens with one attached hydrogen (secondary N) is 1. The number of furan rings is 1. The zero-order chi connectivity index (χ0) is 19.5. The number of aryl methyl sites for hydroxylation is 1. The van der Waals surface area contributed by atoms with Gasteiger partial charge in [-0.2, -0.15) is 0 Å². The molecule has 1 amide bonds. The van der Waals surface area contributed by atoms with Crippen LogP contribution in [-0.4, -0.2) is 17.5 Å². The lowest BCUT2D eigenvalue weighted by Gasteiger charge is -2.12. The molecule has 0 radical (unpaired) electrons. The molecule has 5 nitrogen and oxygen atoms in total. The fourth-order valence-electron chi connectivity index (χ4n) is 3.02. The predicted molar refractivity (Wildman–Crippen MR) is 110 cm³/mol. The standard InChI is InChI=1S/C23H20N2O3/c1-3-27-22-14-20(16-8-6-15(2)7-9-16)25-19-11-10-17(13-18(19)22)24-23(26)21-5-4-12-28-21/h4-14H,3H2,1-2H3,(H,24,26). The summed E-state index contributed by atoms with van der Waals surface area (Å²) in [7, 11) is 0. The molecule has 5 heteroatoms. The highest BCUT2D eigenvalue weighted by Gasteiger charge is 2.12. The fraction of sp³-hybridized carbons (Fsp3) is 0.130. The van der Waals surface area contributed by atoms with Crippen molar-refractivity contribution in [1.82, 2.24) is 4.98 Å². The Bertz CT molecular complexity index is 1120. The second kappa shape index (κ2) is 7.56. The summed E-state index contributed by atoms with van der Waals surface area (Å²) in [5.74, 6) is 0.696. The molecular formula is C23H20N2O3. The SMILES string of the molecule is CCOc1cc(-c2ccc(C)cc2)nc2ccc(NC(=O)c3ccco3)cc12. The van der Waals surface area contributed by atoms with E-state index in [1.54, 1.807) is 12.1 Å². The molecule has 2 heterocycles. The van der Waals surface area contributed by atoms with Crippen molar-refractivity contribution in [2.45, 2.75) is 13.8 Å². The van der Waals surface area contributed by atoms with Gasteiger partial charge in [-0.1, -0.05) is 29.8 Å². The number of rotatable bonds is 5. The molecule has 2 aromatic heterocycles. The van der Waals surface area contributed by atoms with Crippen molar-refractivity contribution in [1.29, 1.82) is 0 Å². The van der Waals surface area contributed by atoms with Gasteiger partial charge >= 0.3 is 0 Å². The third kappa shape index (κ3) is 3.60. The lowest BCUT2D eigenvalue weighted by atomic mass is 10.1. The van der Waals surface area contributed by atoms with E-state index < -0.39 is 0 Å². The van der Waals surface area contributed by atoms with Crippen molar-refractivity contribution in [3.63, 3.8) is 0 Å². The topological polar surface area (TPSA) is 64.4 Å². The number of ether oxygens (including phenoxy) is 1. The van der Waals surface area contributed by atoms with Gasteiger partial charge in [0.15, 0.2) is 5.76 Å². The predicted octanol–water partition coefficient (Wildman–Crippen LogP) is 5.45. The van der Waals surface area contributed by atoms with Gasteiger partial charge in [-0.25, -0.2) is 4.98 Å². The fourth-order valence-corrected chi connectivity index (χ4v) is 3.02. The van der Waals surface area contributed by atoms with E-state index in [0.717, 1.165) is 27.9 Å². The first-order valence-electron chi connectivity index (χ1n) is 9.13. The van der Waals surface area contributed by atoms with Crippen LogP contribution in [0.2, 0.25) is 0 Å². The van der Waals surface area contributed by atoms with Crippen LogP contribution in [-0.2, 0) is 0 Å². The van der Waals surface area contributed by atoms with E-state index >= 15 is 0 Å². The zero-order valence-corrected chi connectivity index (χ0v) is 15.7. The normalized spacial score (nSPS) is 10.8. The van der Waals surface area contributed by atoms with Crippen LogP contribution in [0, 0.1) is 6.92 Å². The third-order valence-corrected chi connectivity index (χ3v) is 4.42. The number of anilines is 1. The van der Waals surface area contributed by atoms with Crippen LogP contribution in [0.5, 0.6) is 5.75 Å². The van der Waals surface area contributed by atoms with Crippen LogP contribution in [0.3, 0.4) is 0 Å². The quantitative estimate of drug-likeness (QED) is 0.506. The monoisotopic (exact) mass is 372 g/mol. The first-order chi connectivity index (χ1) is 13.6. The van der Waals surface area contributed by atoms with Gasteiger partial charge in [-0.15, -0.1) is 0 Å². The third-order valence-electron chi connectivity index (χ3n) is 4.42. The van der Waals surface area contributed by atoms with E-state index in [1.807, 2.05) is 31.2 Å². The van der Waals surface area contributed by atoms with Gasteiger partial charge < -0.3 is 14.5 Å². The highest BCUT2D eigenvalue weighted by atomic mass is 16.5. The molecule has 0 aliphatic heterocycles. The maximum Gasteiger partial charge on any atom is 0.291 e. The Hall–Kier alpha value is -3.60. The molecule has 0 aliphatic rings. The van der Waals surface area contributed by atoms with Gasteiger partial charge in [0, 0.05) is 22.7 Å². The van der Waals surface area contributed by atoms with Gasteiger partial charge in [-0.3, -0.25) is 4.79 Å². The molecular weight excluding hydrogens is 352 g/mol. The number of pyridine rings is 1. The molecule has 0 atom stereocenters. The Morgan fingerprint density at radius 1 is 1.11 bits per heavy atom. The lowest BCUT2D eigenvalue weighted by Crippen LogP contribution is -2.10. The zero-order valence-electron chi connectivity index (χ0n) is 15.7. The van der Waals surface area contributed by atoms with Gasteiger partial charge in [-0.05, 0) is 44.2 Å². The highest BCUT2D eigenvalue weighted by molar-refractivity contribution is 6.03. The van der Waals surface area contributed by atoms with Gasteiger partial charge in [0.25, 0.3) is 5.91 Å². The molecule has 0 saturated carbocycles. The average molecular weight is 372 g/mol. The molecule has 0 fully saturated rings. The van der Waals surface area contributed by atoms with Gasteiger partial charge in [0.1, 0.15) is 5.75 Å². The van der Waals surface area contributed by atoms with Crippen molar-refractivity contribution >= 4 is 22.5 Å². The van der Waals surface area contributed by atoms with Crippen LogP contribution >= 0.6 is 0 Å². The van der Waals surface area contributed by atoms with Crippen LogP contribution < -0.4 is 10.1 Å². The molecule has 0 unspecified atom stereocenters. The number of hydrogen-bond acceptors (Lipinski definition) is 4. The second-order valence-corrected chi connectivity index (χ2v) is 6.47. The number of benzene rings is 2. The average Bonchev–Trinajstić information content (AvgIpc) is 3.24. The largest absolute Gasteiger partial charge is 0.493 e. The van der Waals surface area contributed by atoms with Crippen LogP contribution in [0.4, 0.5) is 5.69 Å². The summed E-state index contributed by atoms with van der Waals surface area (Å²) < 4.78 is 11.0. The first-order valence-corrected chi connectivity index (χ1v) is 9.13. The Morgan fingerprint density at radius 2 is 1.93 bits per heavy atom. The molecule has 140 valence electrons. The minimum atomic E-state index is -0.299. The van der Waals surface area contributed by atoms with E-state index in [4.69, 9.17) is 14.1 Å². The molecule has 2 aromatic carbocycles. The Labute approximate surface area is 163 Å². The molecule has 28 heavy (non-hydrogen) atoms. The van der Waals surface area contributed by atoms with E-state index in [1.165, 1.54) is 11.8 Å².